The van der Waals surface area contributed by atoms with Crippen molar-refractivity contribution in [2.24, 2.45) is 5.41 Å². The summed E-state index contributed by atoms with van der Waals surface area (Å²) in [7, 11) is 0. The van der Waals surface area contributed by atoms with Gasteiger partial charge in [-0.25, -0.2) is 8.78 Å². The Labute approximate surface area is 118 Å². The lowest BCUT2D eigenvalue weighted by atomic mass is 9.60. The van der Waals surface area contributed by atoms with Crippen LogP contribution in [0.2, 0.25) is 0 Å². The Bertz CT molecular complexity index is 485. The smallest absolute Gasteiger partial charge is 0.160 e. The molecule has 0 bridgehead atoms. The second kappa shape index (κ2) is 5.32. The number of anilines is 1. The van der Waals surface area contributed by atoms with Crippen molar-refractivity contribution in [3.8, 4) is 0 Å². The van der Waals surface area contributed by atoms with Gasteiger partial charge in [-0.2, -0.15) is 0 Å². The largest absolute Gasteiger partial charge is 0.381 e. The molecular formula is C16H21F2NO. The molecule has 110 valence electrons. The summed E-state index contributed by atoms with van der Waals surface area (Å²) in [6.07, 6.45) is 6.07. The summed E-state index contributed by atoms with van der Waals surface area (Å²) in [6.45, 7) is 2.77. The van der Waals surface area contributed by atoms with E-state index in [-0.39, 0.29) is 5.41 Å². The molecule has 1 spiro atoms. The number of nitrogens with one attached hydrogen (secondary N) is 1. The second-order valence-electron chi connectivity index (χ2n) is 5.95. The number of hydrogen-bond donors (Lipinski definition) is 1. The van der Waals surface area contributed by atoms with Gasteiger partial charge in [0, 0.05) is 29.8 Å². The Morgan fingerprint density at radius 3 is 2.65 bits per heavy atom. The maximum atomic E-state index is 13.3. The third kappa shape index (κ3) is 2.20. The lowest BCUT2D eigenvalue weighted by Crippen LogP contribution is -2.60. The fourth-order valence-electron chi connectivity index (χ4n) is 3.88. The fraction of sp³-hybridized carbons (Fsp3) is 0.625. The van der Waals surface area contributed by atoms with Crippen LogP contribution >= 0.6 is 0 Å². The Morgan fingerprint density at radius 1 is 1.25 bits per heavy atom. The second-order valence-corrected chi connectivity index (χ2v) is 5.95. The van der Waals surface area contributed by atoms with Crippen LogP contribution in [-0.2, 0) is 4.74 Å². The van der Waals surface area contributed by atoms with E-state index in [0.29, 0.717) is 17.8 Å². The minimum Gasteiger partial charge on any atom is -0.381 e. The first kappa shape index (κ1) is 13.8. The lowest BCUT2D eigenvalue weighted by Gasteiger charge is -2.54. The van der Waals surface area contributed by atoms with Gasteiger partial charge in [-0.05, 0) is 38.3 Å². The van der Waals surface area contributed by atoms with Crippen LogP contribution in [0, 0.1) is 17.0 Å². The van der Waals surface area contributed by atoms with Crippen LogP contribution in [-0.4, -0.2) is 18.8 Å². The Balaban J connectivity index is 1.72. The highest BCUT2D eigenvalue weighted by molar-refractivity contribution is 5.46. The predicted molar refractivity (Wildman–Crippen MR) is 74.7 cm³/mol. The van der Waals surface area contributed by atoms with Gasteiger partial charge in [0.05, 0.1) is 6.10 Å². The van der Waals surface area contributed by atoms with Crippen LogP contribution in [0.5, 0.6) is 0 Å². The van der Waals surface area contributed by atoms with Crippen LogP contribution in [0.15, 0.2) is 18.2 Å². The van der Waals surface area contributed by atoms with Crippen molar-refractivity contribution in [2.75, 3.05) is 11.9 Å². The lowest BCUT2D eigenvalue weighted by molar-refractivity contribution is -0.114. The molecule has 0 heterocycles. The summed E-state index contributed by atoms with van der Waals surface area (Å²) in [5.41, 5.74) is 0.857. The molecule has 4 heteroatoms. The summed E-state index contributed by atoms with van der Waals surface area (Å²) in [6, 6.07) is 4.34. The molecule has 2 saturated carbocycles. The van der Waals surface area contributed by atoms with E-state index in [9.17, 15) is 8.78 Å². The Hall–Kier alpha value is -1.16. The minimum atomic E-state index is -0.799. The van der Waals surface area contributed by atoms with E-state index in [2.05, 4.69) is 5.32 Å². The molecule has 3 rings (SSSR count). The molecule has 2 fully saturated rings. The summed E-state index contributed by atoms with van der Waals surface area (Å²) in [5.74, 6) is -1.59. The van der Waals surface area contributed by atoms with Gasteiger partial charge >= 0.3 is 0 Å². The van der Waals surface area contributed by atoms with Crippen molar-refractivity contribution in [1.82, 2.24) is 0 Å². The van der Waals surface area contributed by atoms with Gasteiger partial charge in [0.15, 0.2) is 11.6 Å². The Morgan fingerprint density at radius 2 is 2.00 bits per heavy atom. The van der Waals surface area contributed by atoms with Crippen molar-refractivity contribution in [3.63, 3.8) is 0 Å². The molecule has 1 aromatic carbocycles. The normalized spacial score (nSPS) is 27.6. The molecule has 0 aromatic heterocycles. The van der Waals surface area contributed by atoms with Gasteiger partial charge in [-0.1, -0.05) is 12.8 Å². The molecule has 0 saturated heterocycles. The number of halogens is 2. The summed E-state index contributed by atoms with van der Waals surface area (Å²) in [5, 5.41) is 3.38. The van der Waals surface area contributed by atoms with E-state index in [1.54, 1.807) is 6.07 Å². The van der Waals surface area contributed by atoms with Gasteiger partial charge in [0.2, 0.25) is 0 Å². The van der Waals surface area contributed by atoms with Crippen LogP contribution in [0.25, 0.3) is 0 Å². The highest BCUT2D eigenvalue weighted by atomic mass is 19.2. The van der Waals surface area contributed by atoms with Crippen LogP contribution in [0.3, 0.4) is 0 Å². The van der Waals surface area contributed by atoms with Gasteiger partial charge in [-0.15, -0.1) is 0 Å². The molecule has 0 aliphatic heterocycles. The van der Waals surface area contributed by atoms with E-state index in [0.717, 1.165) is 13.0 Å². The quantitative estimate of drug-likeness (QED) is 0.896. The monoisotopic (exact) mass is 281 g/mol. The zero-order valence-corrected chi connectivity index (χ0v) is 11.8. The minimum absolute atomic E-state index is 0.195. The average molecular weight is 281 g/mol. The van der Waals surface area contributed by atoms with Gasteiger partial charge < -0.3 is 10.1 Å². The zero-order chi connectivity index (χ0) is 14.2. The summed E-state index contributed by atoms with van der Waals surface area (Å²) < 4.78 is 32.1. The highest BCUT2D eigenvalue weighted by Crippen LogP contribution is 2.55. The molecule has 2 aliphatic rings. The third-order valence-corrected chi connectivity index (χ3v) is 4.95. The van der Waals surface area contributed by atoms with Crippen molar-refractivity contribution in [2.45, 2.75) is 51.2 Å². The van der Waals surface area contributed by atoms with Crippen molar-refractivity contribution in [1.29, 1.82) is 0 Å². The third-order valence-electron chi connectivity index (χ3n) is 4.95. The first-order valence-electron chi connectivity index (χ1n) is 7.49. The average Bonchev–Trinajstić information content (AvgIpc) is 2.94. The number of rotatable bonds is 4. The van der Waals surface area contributed by atoms with Gasteiger partial charge in [-0.3, -0.25) is 0 Å². The molecule has 1 aromatic rings. The molecule has 2 aliphatic carbocycles. The zero-order valence-electron chi connectivity index (χ0n) is 11.8. The number of ether oxygens (including phenoxy) is 1. The summed E-state index contributed by atoms with van der Waals surface area (Å²) in [4.78, 5) is 0. The molecule has 2 atom stereocenters. The van der Waals surface area contributed by atoms with Gasteiger partial charge in [0.1, 0.15) is 0 Å². The van der Waals surface area contributed by atoms with Crippen molar-refractivity contribution >= 4 is 5.69 Å². The Kier molecular flexibility index (Phi) is 3.67. The van der Waals surface area contributed by atoms with E-state index in [1.807, 2.05) is 6.92 Å². The molecule has 2 nitrogen and oxygen atoms in total. The topological polar surface area (TPSA) is 21.3 Å². The maximum Gasteiger partial charge on any atom is 0.160 e. The van der Waals surface area contributed by atoms with Crippen molar-refractivity contribution < 1.29 is 13.5 Å². The van der Waals surface area contributed by atoms with Crippen LogP contribution in [0.4, 0.5) is 14.5 Å². The first-order valence-corrected chi connectivity index (χ1v) is 7.49. The van der Waals surface area contributed by atoms with Crippen molar-refractivity contribution in [3.05, 3.63) is 29.8 Å². The summed E-state index contributed by atoms with van der Waals surface area (Å²) >= 11 is 0. The highest BCUT2D eigenvalue weighted by Gasteiger charge is 2.56. The van der Waals surface area contributed by atoms with E-state index < -0.39 is 11.6 Å². The van der Waals surface area contributed by atoms with E-state index >= 15 is 0 Å². The van der Waals surface area contributed by atoms with E-state index in [1.165, 1.54) is 37.8 Å². The fourth-order valence-corrected chi connectivity index (χ4v) is 3.88. The molecule has 2 unspecified atom stereocenters. The molecule has 0 radical (unpaired) electrons. The van der Waals surface area contributed by atoms with Crippen LogP contribution < -0.4 is 5.32 Å². The standard InChI is InChI=1S/C16H21F2NO/c1-2-20-15-10-14(16(15)7-3-4-8-16)19-11-5-6-12(17)13(18)9-11/h5-6,9,14-15,19H,2-4,7-8,10H2,1H3. The maximum absolute atomic E-state index is 13.3. The SMILES string of the molecule is CCOC1CC(Nc2ccc(F)c(F)c2)C12CCCC2. The number of benzene rings is 1. The first-order chi connectivity index (χ1) is 9.65. The van der Waals surface area contributed by atoms with Gasteiger partial charge in [0.25, 0.3) is 0 Å². The molecule has 1 N–H and O–H groups in total. The van der Waals surface area contributed by atoms with E-state index in [4.69, 9.17) is 4.74 Å². The molecule has 20 heavy (non-hydrogen) atoms. The molecule has 0 amide bonds. The number of hydrogen-bond acceptors (Lipinski definition) is 2. The predicted octanol–water partition coefficient (Wildman–Crippen LogP) is 4.11. The molecular weight excluding hydrogens is 260 g/mol. The van der Waals surface area contributed by atoms with Crippen LogP contribution in [0.1, 0.15) is 39.0 Å².